The number of hydrogen-bond acceptors (Lipinski definition) is 4. The number of carbonyl (C=O) groups excluding carboxylic acids is 1. The zero-order chi connectivity index (χ0) is 15.0. The van der Waals surface area contributed by atoms with E-state index in [2.05, 4.69) is 13.8 Å². The Morgan fingerprint density at radius 3 is 2.95 bits per heavy atom. The average Bonchev–Trinajstić information content (AvgIpc) is 3.12. The zero-order valence-electron chi connectivity index (χ0n) is 12.9. The van der Waals surface area contributed by atoms with Gasteiger partial charge in [-0.1, -0.05) is 0 Å². The first-order valence-electron chi connectivity index (χ1n) is 7.57. The summed E-state index contributed by atoms with van der Waals surface area (Å²) in [7, 11) is 1.74. The number of methoxy groups -OCH3 is 1. The van der Waals surface area contributed by atoms with Gasteiger partial charge in [-0.3, -0.25) is 4.79 Å². The van der Waals surface area contributed by atoms with Gasteiger partial charge in [-0.25, -0.2) is 0 Å². The first-order chi connectivity index (χ1) is 10.1. The second-order valence-corrected chi connectivity index (χ2v) is 7.39. The van der Waals surface area contributed by atoms with Gasteiger partial charge in [0, 0.05) is 37.6 Å². The normalized spacial score (nSPS) is 28.1. The Labute approximate surface area is 130 Å². The van der Waals surface area contributed by atoms with Crippen LogP contribution in [0.15, 0.2) is 6.07 Å². The lowest BCUT2D eigenvalue weighted by molar-refractivity contribution is 0.0670. The summed E-state index contributed by atoms with van der Waals surface area (Å²) in [6.45, 7) is 7.29. The summed E-state index contributed by atoms with van der Waals surface area (Å²) in [5, 5.41) is 0. The lowest BCUT2D eigenvalue weighted by Crippen LogP contribution is -2.30. The third-order valence-electron chi connectivity index (χ3n) is 4.80. The average molecular weight is 309 g/mol. The molecule has 1 amide bonds. The van der Waals surface area contributed by atoms with E-state index in [1.807, 2.05) is 11.0 Å². The second-order valence-electron chi connectivity index (χ2n) is 6.14. The fourth-order valence-corrected chi connectivity index (χ4v) is 4.37. The first-order valence-corrected chi connectivity index (χ1v) is 8.38. The minimum atomic E-state index is 0.166. The molecule has 3 rings (SSSR count). The van der Waals surface area contributed by atoms with Crippen molar-refractivity contribution in [3.05, 3.63) is 21.4 Å². The second kappa shape index (κ2) is 6.07. The predicted molar refractivity (Wildman–Crippen MR) is 82.9 cm³/mol. The Hall–Kier alpha value is -0.910. The Balaban J connectivity index is 1.65. The summed E-state index contributed by atoms with van der Waals surface area (Å²) in [5.74, 6) is 1.17. The van der Waals surface area contributed by atoms with E-state index >= 15 is 0 Å². The summed E-state index contributed by atoms with van der Waals surface area (Å²) in [6.07, 6.45) is 1.25. The topological polar surface area (TPSA) is 38.8 Å². The van der Waals surface area contributed by atoms with Crippen molar-refractivity contribution >= 4 is 17.2 Å². The molecule has 0 saturated carbocycles. The highest BCUT2D eigenvalue weighted by Crippen LogP contribution is 2.36. The molecule has 2 saturated heterocycles. The number of likely N-dealkylation sites (tertiary alicyclic amines) is 1. The highest BCUT2D eigenvalue weighted by atomic mass is 32.1. The molecule has 0 spiro atoms. The predicted octanol–water partition coefficient (Wildman–Crippen LogP) is 2.49. The lowest BCUT2D eigenvalue weighted by atomic mass is 9.91. The van der Waals surface area contributed by atoms with Crippen LogP contribution in [0.5, 0.6) is 0 Å². The van der Waals surface area contributed by atoms with Crippen LogP contribution in [0.2, 0.25) is 0 Å². The van der Waals surface area contributed by atoms with Crippen LogP contribution < -0.4 is 0 Å². The van der Waals surface area contributed by atoms with Crippen LogP contribution in [-0.4, -0.2) is 50.3 Å². The molecule has 0 aliphatic carbocycles. The number of thiophene rings is 1. The molecule has 116 valence electrons. The monoisotopic (exact) mass is 309 g/mol. The first kappa shape index (κ1) is 15.0. The number of hydrogen-bond donors (Lipinski definition) is 0. The maximum atomic E-state index is 12.6. The third-order valence-corrected chi connectivity index (χ3v) is 5.94. The Kier molecular flexibility index (Phi) is 4.33. The lowest BCUT2D eigenvalue weighted by Gasteiger charge is -2.19. The van der Waals surface area contributed by atoms with Crippen LogP contribution in [0.4, 0.5) is 0 Å². The molecule has 1 aromatic heterocycles. The molecule has 0 bridgehead atoms. The van der Waals surface area contributed by atoms with Gasteiger partial charge in [-0.2, -0.15) is 0 Å². The van der Waals surface area contributed by atoms with Crippen molar-refractivity contribution in [2.45, 2.75) is 26.4 Å². The van der Waals surface area contributed by atoms with Gasteiger partial charge in [-0.05, 0) is 37.8 Å². The van der Waals surface area contributed by atoms with Crippen molar-refractivity contribution in [3.8, 4) is 0 Å². The van der Waals surface area contributed by atoms with E-state index in [4.69, 9.17) is 9.47 Å². The molecule has 4 nitrogen and oxygen atoms in total. The molecular formula is C16H23NO3S. The maximum absolute atomic E-state index is 12.6. The number of nitrogens with zero attached hydrogens (tertiary/aromatic N) is 1. The van der Waals surface area contributed by atoms with Crippen LogP contribution in [0, 0.1) is 25.7 Å². The van der Waals surface area contributed by atoms with Crippen molar-refractivity contribution in [1.29, 1.82) is 0 Å². The Morgan fingerprint density at radius 1 is 1.48 bits per heavy atom. The van der Waals surface area contributed by atoms with Crippen LogP contribution in [-0.2, 0) is 9.47 Å². The van der Waals surface area contributed by atoms with E-state index in [-0.39, 0.29) is 12.0 Å². The summed E-state index contributed by atoms with van der Waals surface area (Å²) in [4.78, 5) is 16.7. The fraction of sp³-hybridized carbons (Fsp3) is 0.688. The molecule has 2 aliphatic rings. The number of ether oxygens (including phenoxy) is 2. The molecule has 0 aromatic carbocycles. The van der Waals surface area contributed by atoms with Crippen LogP contribution >= 0.6 is 11.3 Å². The number of fused-ring (bicyclic) bond motifs is 1. The van der Waals surface area contributed by atoms with Gasteiger partial charge in [0.2, 0.25) is 0 Å². The summed E-state index contributed by atoms with van der Waals surface area (Å²) in [6, 6.07) is 2.01. The maximum Gasteiger partial charge on any atom is 0.264 e. The van der Waals surface area contributed by atoms with Gasteiger partial charge in [0.1, 0.15) is 0 Å². The molecule has 0 unspecified atom stereocenters. The zero-order valence-corrected chi connectivity index (χ0v) is 13.7. The summed E-state index contributed by atoms with van der Waals surface area (Å²) < 4.78 is 11.1. The number of amides is 1. The Morgan fingerprint density at radius 2 is 2.29 bits per heavy atom. The molecule has 0 N–H and O–H groups in total. The van der Waals surface area contributed by atoms with Gasteiger partial charge >= 0.3 is 0 Å². The van der Waals surface area contributed by atoms with Gasteiger partial charge in [0.05, 0.1) is 17.6 Å². The molecule has 0 radical (unpaired) electrons. The minimum Gasteiger partial charge on any atom is -0.385 e. The smallest absolute Gasteiger partial charge is 0.264 e. The minimum absolute atomic E-state index is 0.166. The van der Waals surface area contributed by atoms with Crippen LogP contribution in [0.3, 0.4) is 0 Å². The van der Waals surface area contributed by atoms with Gasteiger partial charge < -0.3 is 14.4 Å². The molecule has 5 heteroatoms. The molecule has 2 fully saturated rings. The van der Waals surface area contributed by atoms with Crippen molar-refractivity contribution < 1.29 is 14.3 Å². The highest BCUT2D eigenvalue weighted by molar-refractivity contribution is 7.14. The van der Waals surface area contributed by atoms with E-state index in [0.29, 0.717) is 11.8 Å². The quantitative estimate of drug-likeness (QED) is 0.858. The van der Waals surface area contributed by atoms with Crippen LogP contribution in [0.1, 0.15) is 26.5 Å². The third kappa shape index (κ3) is 2.87. The van der Waals surface area contributed by atoms with Crippen molar-refractivity contribution in [1.82, 2.24) is 4.90 Å². The molecule has 3 atom stereocenters. The SMILES string of the molecule is COCC[C@@H]1CO[C@@H]2CN(C(=O)c3cc(C)c(C)s3)C[C@H]12. The van der Waals surface area contributed by atoms with Crippen LogP contribution in [0.25, 0.3) is 0 Å². The van der Waals surface area contributed by atoms with Crippen molar-refractivity contribution in [2.24, 2.45) is 11.8 Å². The van der Waals surface area contributed by atoms with E-state index in [1.54, 1.807) is 18.4 Å². The van der Waals surface area contributed by atoms with Gasteiger partial charge in [0.25, 0.3) is 5.91 Å². The van der Waals surface area contributed by atoms with Crippen molar-refractivity contribution in [2.75, 3.05) is 33.4 Å². The highest BCUT2D eigenvalue weighted by Gasteiger charge is 2.45. The number of rotatable bonds is 4. The van der Waals surface area contributed by atoms with E-state index in [9.17, 15) is 4.79 Å². The summed E-state index contributed by atoms with van der Waals surface area (Å²) >= 11 is 1.60. The molecule has 2 aliphatic heterocycles. The van der Waals surface area contributed by atoms with E-state index < -0.39 is 0 Å². The Bertz CT molecular complexity index is 508. The number of aryl methyl sites for hydroxylation is 2. The molecule has 1 aromatic rings. The van der Waals surface area contributed by atoms with Crippen molar-refractivity contribution in [3.63, 3.8) is 0 Å². The number of carbonyl (C=O) groups is 1. The van der Waals surface area contributed by atoms with Gasteiger partial charge in [0.15, 0.2) is 0 Å². The van der Waals surface area contributed by atoms with E-state index in [0.717, 1.165) is 37.6 Å². The molecular weight excluding hydrogens is 286 g/mol. The standard InChI is InChI=1S/C16H23NO3S/c1-10-6-15(21-11(10)2)16(18)17-7-13-12(4-5-19-3)9-20-14(13)8-17/h6,12-14H,4-5,7-9H2,1-3H3/t12-,13-,14-/m1/s1. The van der Waals surface area contributed by atoms with Gasteiger partial charge in [-0.15, -0.1) is 11.3 Å². The largest absolute Gasteiger partial charge is 0.385 e. The fourth-order valence-electron chi connectivity index (χ4n) is 3.37. The van der Waals surface area contributed by atoms with E-state index in [1.165, 1.54) is 10.4 Å². The molecule has 21 heavy (non-hydrogen) atoms. The summed E-state index contributed by atoms with van der Waals surface area (Å²) in [5.41, 5.74) is 1.21. The molecule has 3 heterocycles.